The van der Waals surface area contributed by atoms with E-state index in [1.54, 1.807) is 42.0 Å². The summed E-state index contributed by atoms with van der Waals surface area (Å²) < 4.78 is 5.33. The predicted molar refractivity (Wildman–Crippen MR) is 118 cm³/mol. The molecule has 5 nitrogen and oxygen atoms in total. The Balaban J connectivity index is 1.62. The van der Waals surface area contributed by atoms with Gasteiger partial charge >= 0.3 is 0 Å². The minimum atomic E-state index is -0.569. The Morgan fingerprint density at radius 3 is 2.33 bits per heavy atom. The lowest BCUT2D eigenvalue weighted by atomic mass is 10.0. The van der Waals surface area contributed by atoms with Gasteiger partial charge in [-0.05, 0) is 30.7 Å². The number of benzene rings is 3. The summed E-state index contributed by atoms with van der Waals surface area (Å²) in [5, 5.41) is 0. The Labute approximate surface area is 176 Å². The number of amides is 2. The molecule has 152 valence electrons. The van der Waals surface area contributed by atoms with Gasteiger partial charge in [0.2, 0.25) is 5.91 Å². The van der Waals surface area contributed by atoms with E-state index in [9.17, 15) is 9.59 Å². The molecule has 1 saturated heterocycles. The number of carbonyl (C=O) groups is 2. The number of nitrogens with zero attached hydrogens (tertiary/aromatic N) is 2. The third kappa shape index (κ3) is 3.54. The molecule has 2 amide bonds. The van der Waals surface area contributed by atoms with Crippen LogP contribution in [0.4, 0.5) is 5.69 Å². The van der Waals surface area contributed by atoms with Crippen molar-refractivity contribution < 1.29 is 14.3 Å². The second-order valence-corrected chi connectivity index (χ2v) is 7.25. The van der Waals surface area contributed by atoms with E-state index in [1.165, 1.54) is 0 Å². The maximum atomic E-state index is 13.3. The van der Waals surface area contributed by atoms with E-state index in [4.69, 9.17) is 4.74 Å². The van der Waals surface area contributed by atoms with Crippen LogP contribution in [0.2, 0.25) is 0 Å². The van der Waals surface area contributed by atoms with Crippen LogP contribution in [-0.2, 0) is 4.79 Å². The monoisotopic (exact) mass is 400 g/mol. The van der Waals surface area contributed by atoms with E-state index >= 15 is 0 Å². The third-order valence-electron chi connectivity index (χ3n) is 5.53. The Bertz CT molecular complexity index is 1060. The standard InChI is InChI=1S/C25H24N2O3/c1-18-24(28)27(22-14-8-6-12-20(22)19-10-4-3-5-11-19)17-16-26(18)25(29)21-13-7-9-15-23(21)30-2/h3-15,18H,16-17H2,1-2H3. The van der Waals surface area contributed by atoms with Gasteiger partial charge in [0, 0.05) is 18.7 Å². The molecular formula is C25H24N2O3. The molecule has 0 bridgehead atoms. The molecule has 0 N–H and O–H groups in total. The van der Waals surface area contributed by atoms with Crippen LogP contribution < -0.4 is 9.64 Å². The molecule has 1 heterocycles. The number of hydrogen-bond acceptors (Lipinski definition) is 3. The number of anilines is 1. The van der Waals surface area contributed by atoms with Gasteiger partial charge in [-0.1, -0.05) is 60.7 Å². The molecule has 3 aromatic rings. The topological polar surface area (TPSA) is 49.9 Å². The van der Waals surface area contributed by atoms with E-state index < -0.39 is 6.04 Å². The van der Waals surface area contributed by atoms with Gasteiger partial charge < -0.3 is 14.5 Å². The SMILES string of the molecule is COc1ccccc1C(=O)N1CCN(c2ccccc2-c2ccccc2)C(=O)C1C. The van der Waals surface area contributed by atoms with E-state index in [0.29, 0.717) is 24.4 Å². The van der Waals surface area contributed by atoms with Crippen molar-refractivity contribution in [3.63, 3.8) is 0 Å². The first kappa shape index (κ1) is 19.7. The molecule has 1 atom stereocenters. The van der Waals surface area contributed by atoms with E-state index in [2.05, 4.69) is 0 Å². The van der Waals surface area contributed by atoms with E-state index in [1.807, 2.05) is 60.7 Å². The van der Waals surface area contributed by atoms with Crippen LogP contribution in [0.5, 0.6) is 5.75 Å². The Kier molecular flexibility index (Phi) is 5.53. The minimum absolute atomic E-state index is 0.0899. The van der Waals surface area contributed by atoms with Crippen LogP contribution in [0.25, 0.3) is 11.1 Å². The zero-order valence-electron chi connectivity index (χ0n) is 17.1. The van der Waals surface area contributed by atoms with Crippen LogP contribution in [0.1, 0.15) is 17.3 Å². The first-order chi connectivity index (χ1) is 14.6. The first-order valence-corrected chi connectivity index (χ1v) is 10.0. The fourth-order valence-corrected chi connectivity index (χ4v) is 3.93. The summed E-state index contributed by atoms with van der Waals surface area (Å²) in [7, 11) is 1.54. The summed E-state index contributed by atoms with van der Waals surface area (Å²) in [4.78, 5) is 29.9. The average Bonchev–Trinajstić information content (AvgIpc) is 2.81. The summed E-state index contributed by atoms with van der Waals surface area (Å²) in [6.45, 7) is 2.67. The van der Waals surface area contributed by atoms with E-state index in [0.717, 1.165) is 16.8 Å². The molecule has 0 radical (unpaired) electrons. The number of carbonyl (C=O) groups excluding carboxylic acids is 2. The molecule has 0 aromatic heterocycles. The zero-order valence-corrected chi connectivity index (χ0v) is 17.1. The number of hydrogen-bond donors (Lipinski definition) is 0. The average molecular weight is 400 g/mol. The molecule has 30 heavy (non-hydrogen) atoms. The summed E-state index contributed by atoms with van der Waals surface area (Å²) >= 11 is 0. The Hall–Kier alpha value is -3.60. The van der Waals surface area contributed by atoms with Crippen molar-refractivity contribution >= 4 is 17.5 Å². The summed E-state index contributed by atoms with van der Waals surface area (Å²) in [6.07, 6.45) is 0. The fourth-order valence-electron chi connectivity index (χ4n) is 3.93. The van der Waals surface area contributed by atoms with Gasteiger partial charge in [-0.15, -0.1) is 0 Å². The van der Waals surface area contributed by atoms with Gasteiger partial charge in [-0.3, -0.25) is 9.59 Å². The number of para-hydroxylation sites is 2. The van der Waals surface area contributed by atoms with Gasteiger partial charge in [0.15, 0.2) is 0 Å². The number of methoxy groups -OCH3 is 1. The highest BCUT2D eigenvalue weighted by atomic mass is 16.5. The van der Waals surface area contributed by atoms with Crippen LogP contribution in [-0.4, -0.2) is 43.0 Å². The van der Waals surface area contributed by atoms with Gasteiger partial charge in [0.05, 0.1) is 18.4 Å². The lowest BCUT2D eigenvalue weighted by molar-refractivity contribution is -0.124. The van der Waals surface area contributed by atoms with Crippen molar-refractivity contribution in [1.82, 2.24) is 4.90 Å². The van der Waals surface area contributed by atoms with Crippen molar-refractivity contribution in [3.8, 4) is 16.9 Å². The molecule has 1 unspecified atom stereocenters. The third-order valence-corrected chi connectivity index (χ3v) is 5.53. The van der Waals surface area contributed by atoms with Crippen molar-refractivity contribution in [3.05, 3.63) is 84.4 Å². The molecule has 0 spiro atoms. The predicted octanol–water partition coefficient (Wildman–Crippen LogP) is 4.24. The van der Waals surface area contributed by atoms with Crippen LogP contribution in [0.3, 0.4) is 0 Å². The van der Waals surface area contributed by atoms with Crippen molar-refractivity contribution in [2.45, 2.75) is 13.0 Å². The lowest BCUT2D eigenvalue weighted by Crippen LogP contribution is -2.57. The molecule has 0 saturated carbocycles. The normalized spacial score (nSPS) is 16.5. The summed E-state index contributed by atoms with van der Waals surface area (Å²) in [6, 6.07) is 24.5. The van der Waals surface area contributed by atoms with Gasteiger partial charge in [-0.2, -0.15) is 0 Å². The minimum Gasteiger partial charge on any atom is -0.496 e. The van der Waals surface area contributed by atoms with Crippen molar-refractivity contribution in [1.29, 1.82) is 0 Å². The lowest BCUT2D eigenvalue weighted by Gasteiger charge is -2.40. The molecule has 1 aliphatic rings. The molecule has 3 aromatic carbocycles. The van der Waals surface area contributed by atoms with E-state index in [-0.39, 0.29) is 11.8 Å². The number of rotatable bonds is 4. The van der Waals surface area contributed by atoms with Gasteiger partial charge in [0.1, 0.15) is 11.8 Å². The number of piperazine rings is 1. The number of ether oxygens (including phenoxy) is 1. The maximum Gasteiger partial charge on any atom is 0.258 e. The second-order valence-electron chi connectivity index (χ2n) is 7.25. The molecular weight excluding hydrogens is 376 g/mol. The highest BCUT2D eigenvalue weighted by molar-refractivity contribution is 6.06. The molecule has 5 heteroatoms. The van der Waals surface area contributed by atoms with Crippen LogP contribution in [0, 0.1) is 0 Å². The fraction of sp³-hybridized carbons (Fsp3) is 0.200. The maximum absolute atomic E-state index is 13.3. The molecule has 1 aliphatic heterocycles. The zero-order chi connectivity index (χ0) is 21.1. The van der Waals surface area contributed by atoms with Crippen LogP contribution in [0.15, 0.2) is 78.9 Å². The quantitative estimate of drug-likeness (QED) is 0.658. The molecule has 0 aliphatic carbocycles. The summed E-state index contributed by atoms with van der Waals surface area (Å²) in [5.74, 6) is 0.233. The molecule has 1 fully saturated rings. The largest absolute Gasteiger partial charge is 0.496 e. The Morgan fingerprint density at radius 1 is 0.900 bits per heavy atom. The first-order valence-electron chi connectivity index (χ1n) is 10.0. The van der Waals surface area contributed by atoms with Crippen LogP contribution >= 0.6 is 0 Å². The smallest absolute Gasteiger partial charge is 0.258 e. The highest BCUT2D eigenvalue weighted by Gasteiger charge is 2.36. The molecule has 4 rings (SSSR count). The Morgan fingerprint density at radius 2 is 1.57 bits per heavy atom. The second kappa shape index (κ2) is 8.41. The highest BCUT2D eigenvalue weighted by Crippen LogP contribution is 2.33. The van der Waals surface area contributed by atoms with Crippen molar-refractivity contribution in [2.24, 2.45) is 0 Å². The van der Waals surface area contributed by atoms with Crippen molar-refractivity contribution in [2.75, 3.05) is 25.1 Å². The van der Waals surface area contributed by atoms with Gasteiger partial charge in [-0.25, -0.2) is 0 Å². The summed E-state index contributed by atoms with van der Waals surface area (Å²) in [5.41, 5.74) is 3.40. The van der Waals surface area contributed by atoms with Gasteiger partial charge in [0.25, 0.3) is 5.91 Å².